The molecule has 1 aromatic heterocycles. The number of allylic oxidation sites excluding steroid dienone is 1. The first kappa shape index (κ1) is 24.1. The predicted molar refractivity (Wildman–Crippen MR) is 114 cm³/mol. The topological polar surface area (TPSA) is 122 Å². The minimum Gasteiger partial charge on any atom is -0.545 e. The van der Waals surface area contributed by atoms with Crippen molar-refractivity contribution in [3.8, 4) is 0 Å². The second-order valence-electron chi connectivity index (χ2n) is 8.42. The summed E-state index contributed by atoms with van der Waals surface area (Å²) in [4.78, 5) is 26.1. The van der Waals surface area contributed by atoms with E-state index in [9.17, 15) is 19.8 Å². The number of nitrogens with zero attached hydrogens (tertiary/aromatic N) is 2. The number of rotatable bonds is 6. The van der Waals surface area contributed by atoms with Crippen LogP contribution in [-0.4, -0.2) is 38.0 Å². The third-order valence-electron chi connectivity index (χ3n) is 6.35. The van der Waals surface area contributed by atoms with Crippen molar-refractivity contribution in [1.29, 1.82) is 0 Å². The molecule has 1 N–H and O–H groups in total. The number of carboxylic acid groups (broad SMARTS) is 1. The molecule has 0 radical (unpaired) electrons. The Hall–Kier alpha value is -2.04. The molecule has 33 heavy (non-hydrogen) atoms. The number of carboxylic acids is 1. The van der Waals surface area contributed by atoms with E-state index in [1.165, 1.54) is 12.2 Å². The summed E-state index contributed by atoms with van der Waals surface area (Å²) in [6, 6.07) is 4.87. The second kappa shape index (κ2) is 9.68. The quantitative estimate of drug-likeness (QED) is 0.427. The summed E-state index contributed by atoms with van der Waals surface area (Å²) in [5.74, 6) is -1.08. The number of carbonyl (C=O) groups excluding carboxylic acids is 2. The van der Waals surface area contributed by atoms with E-state index in [1.54, 1.807) is 18.2 Å². The number of carbonyl (C=O) groups is 2. The predicted octanol–water partition coefficient (Wildman–Crippen LogP) is -0.745. The fourth-order valence-corrected chi connectivity index (χ4v) is 5.21. The zero-order chi connectivity index (χ0) is 22.3. The van der Waals surface area contributed by atoms with E-state index < -0.39 is 17.4 Å². The van der Waals surface area contributed by atoms with Gasteiger partial charge in [0.2, 0.25) is 6.79 Å². The molecule has 2 aliphatic carbocycles. The molecule has 1 aromatic carbocycles. The van der Waals surface area contributed by atoms with Crippen molar-refractivity contribution >= 4 is 40.1 Å². The van der Waals surface area contributed by atoms with Gasteiger partial charge in [0, 0.05) is 17.6 Å². The third-order valence-corrected chi connectivity index (χ3v) is 6.90. The minimum absolute atomic E-state index is 0. The number of hydrogen-bond donors (Lipinski definition) is 1. The average molecular weight is 476 g/mol. The zero-order valence-corrected chi connectivity index (χ0v) is 21.0. The van der Waals surface area contributed by atoms with Crippen LogP contribution in [0.15, 0.2) is 47.4 Å². The van der Waals surface area contributed by atoms with E-state index in [-0.39, 0.29) is 66.3 Å². The van der Waals surface area contributed by atoms with Gasteiger partial charge in [-0.3, -0.25) is 4.79 Å². The van der Waals surface area contributed by atoms with Crippen molar-refractivity contribution in [1.82, 2.24) is 8.75 Å². The number of aliphatic carboxylic acids is 1. The number of hydrogen-bond acceptors (Lipinski definition) is 9. The molecule has 2 aromatic rings. The Kier molecular flexibility index (Phi) is 7.07. The fraction of sp³-hybridized carbons (Fsp3) is 0.391. The van der Waals surface area contributed by atoms with Gasteiger partial charge in [0.05, 0.1) is 17.7 Å². The Bertz CT molecular complexity index is 1200. The number of benzene rings is 1. The number of Topliss-reactive ketones (excluding diaryl/α,β-unsaturated/α-hetero) is 1. The van der Waals surface area contributed by atoms with Crippen LogP contribution in [0.25, 0.3) is 16.6 Å². The van der Waals surface area contributed by atoms with Crippen molar-refractivity contribution in [2.45, 2.75) is 44.1 Å². The Labute approximate surface area is 216 Å². The molecular weight excluding hydrogens is 455 g/mol. The number of ether oxygens (including phenoxy) is 2. The molecule has 1 saturated carbocycles. The SMILES string of the molecule is O=C([O-])C(=C(CC1CCCC1)C(=O)C1(O)C=CC2=C(C1)OCO2)c1ccc2nsnc2c1.[Na+]. The van der Waals surface area contributed by atoms with Gasteiger partial charge in [-0.2, -0.15) is 8.75 Å². The fourth-order valence-electron chi connectivity index (χ4n) is 4.69. The van der Waals surface area contributed by atoms with Gasteiger partial charge in [-0.25, -0.2) is 0 Å². The molecule has 166 valence electrons. The van der Waals surface area contributed by atoms with Crippen LogP contribution >= 0.6 is 11.7 Å². The summed E-state index contributed by atoms with van der Waals surface area (Å²) >= 11 is 1.03. The molecule has 1 unspecified atom stereocenters. The van der Waals surface area contributed by atoms with Crippen LogP contribution in [0.4, 0.5) is 0 Å². The van der Waals surface area contributed by atoms with E-state index in [0.717, 1.165) is 37.4 Å². The van der Waals surface area contributed by atoms with Gasteiger partial charge < -0.3 is 24.5 Å². The van der Waals surface area contributed by atoms with Gasteiger partial charge >= 0.3 is 29.6 Å². The molecule has 0 amide bonds. The van der Waals surface area contributed by atoms with E-state index in [2.05, 4.69) is 8.75 Å². The Morgan fingerprint density at radius 3 is 2.70 bits per heavy atom. The van der Waals surface area contributed by atoms with Crippen LogP contribution in [0, 0.1) is 5.92 Å². The summed E-state index contributed by atoms with van der Waals surface area (Å²) in [6.07, 6.45) is 6.90. The number of aromatic nitrogens is 2. The van der Waals surface area contributed by atoms with Crippen molar-refractivity contribution < 1.29 is 58.8 Å². The Morgan fingerprint density at radius 1 is 1.18 bits per heavy atom. The maximum absolute atomic E-state index is 13.7. The van der Waals surface area contributed by atoms with Crippen LogP contribution in [0.1, 0.15) is 44.1 Å². The molecule has 3 aliphatic rings. The summed E-state index contributed by atoms with van der Waals surface area (Å²) in [7, 11) is 0. The average Bonchev–Trinajstić information content (AvgIpc) is 3.53. The monoisotopic (exact) mass is 476 g/mol. The first-order valence-electron chi connectivity index (χ1n) is 10.6. The van der Waals surface area contributed by atoms with Crippen molar-refractivity contribution in [2.75, 3.05) is 6.79 Å². The number of aliphatic hydroxyl groups is 1. The van der Waals surface area contributed by atoms with Crippen LogP contribution in [0.3, 0.4) is 0 Å². The van der Waals surface area contributed by atoms with Crippen LogP contribution in [-0.2, 0) is 19.1 Å². The molecule has 5 rings (SSSR count). The van der Waals surface area contributed by atoms with Crippen molar-refractivity contribution in [2.24, 2.45) is 5.92 Å². The molecule has 2 heterocycles. The number of ketones is 1. The van der Waals surface area contributed by atoms with Gasteiger partial charge in [-0.1, -0.05) is 31.7 Å². The molecule has 0 spiro atoms. The van der Waals surface area contributed by atoms with E-state index in [4.69, 9.17) is 9.47 Å². The maximum Gasteiger partial charge on any atom is 1.00 e. The molecule has 10 heteroatoms. The van der Waals surface area contributed by atoms with Crippen LogP contribution in [0.2, 0.25) is 0 Å². The number of fused-ring (bicyclic) bond motifs is 1. The van der Waals surface area contributed by atoms with E-state index in [0.29, 0.717) is 28.1 Å². The minimum atomic E-state index is -1.92. The summed E-state index contributed by atoms with van der Waals surface area (Å²) < 4.78 is 19.0. The standard InChI is InChI=1S/C23H22N2O6S.Na/c26-21(23(29)8-7-18-19(11-23)31-12-30-18)15(9-13-3-1-2-4-13)20(22(27)28)14-5-6-16-17(10-14)25-32-24-16;/h5-8,10,13,29H,1-4,9,11-12H2,(H,27,28);/q;+1/p-1. The summed E-state index contributed by atoms with van der Waals surface area (Å²) in [5, 5.41) is 23.6. The van der Waals surface area contributed by atoms with E-state index >= 15 is 0 Å². The smallest absolute Gasteiger partial charge is 0.545 e. The van der Waals surface area contributed by atoms with Crippen molar-refractivity contribution in [3.63, 3.8) is 0 Å². The summed E-state index contributed by atoms with van der Waals surface area (Å²) in [5.41, 5.74) is -0.562. The molecule has 1 fully saturated rings. The van der Waals surface area contributed by atoms with Crippen molar-refractivity contribution in [3.05, 3.63) is 53.0 Å². The van der Waals surface area contributed by atoms with Gasteiger partial charge in [-0.15, -0.1) is 0 Å². The largest absolute Gasteiger partial charge is 1.00 e. The molecule has 1 atom stereocenters. The second-order valence-corrected chi connectivity index (χ2v) is 8.95. The molecule has 0 saturated heterocycles. The summed E-state index contributed by atoms with van der Waals surface area (Å²) in [6.45, 7) is 0.0238. The zero-order valence-electron chi connectivity index (χ0n) is 18.2. The van der Waals surface area contributed by atoms with Crippen LogP contribution < -0.4 is 34.7 Å². The maximum atomic E-state index is 13.7. The van der Waals surface area contributed by atoms with Gasteiger partial charge in [-0.05, 0) is 42.2 Å². The van der Waals surface area contributed by atoms with E-state index in [1.807, 2.05) is 0 Å². The Morgan fingerprint density at radius 2 is 1.94 bits per heavy atom. The normalized spacial score (nSPS) is 22.9. The first-order valence-corrected chi connectivity index (χ1v) is 11.3. The van der Waals surface area contributed by atoms with Gasteiger partial charge in [0.25, 0.3) is 0 Å². The molecule has 8 nitrogen and oxygen atoms in total. The van der Waals surface area contributed by atoms with Gasteiger partial charge in [0.1, 0.15) is 16.8 Å². The first-order chi connectivity index (χ1) is 15.4. The third kappa shape index (κ3) is 4.65. The molecule has 0 bridgehead atoms. The Balaban J connectivity index is 0.00000259. The molecule has 1 aliphatic heterocycles. The molecular formula is C23H21N2NaO6S. The van der Waals surface area contributed by atoms with Crippen LogP contribution in [0.5, 0.6) is 0 Å². The van der Waals surface area contributed by atoms with Gasteiger partial charge in [0.15, 0.2) is 17.1 Å².